The molecule has 0 aliphatic heterocycles. The van der Waals surface area contributed by atoms with Gasteiger partial charge in [-0.3, -0.25) is 4.79 Å². The van der Waals surface area contributed by atoms with Gasteiger partial charge in [0.25, 0.3) is 0 Å². The number of unbranched alkanes of at least 4 members (excludes halogenated alkanes) is 33. The number of rotatable bonds is 44. The number of carbonyl (C=O) groups excluding carboxylic acids is 1. The van der Waals surface area contributed by atoms with Gasteiger partial charge in [-0.25, -0.2) is 0 Å². The lowest BCUT2D eigenvalue weighted by Crippen LogP contribution is -2.48. The molecule has 4 N–H and O–H groups in total. The van der Waals surface area contributed by atoms with E-state index in [-0.39, 0.29) is 6.61 Å². The summed E-state index contributed by atoms with van der Waals surface area (Å²) in [5.74, 6) is -0.506. The number of carbonyl (C=O) groups is 1. The van der Waals surface area contributed by atoms with Crippen molar-refractivity contribution in [3.05, 3.63) is 36.5 Å². The van der Waals surface area contributed by atoms with Crippen molar-refractivity contribution in [2.45, 2.75) is 270 Å². The lowest BCUT2D eigenvalue weighted by Gasteiger charge is -2.21. The lowest BCUT2D eigenvalue weighted by molar-refractivity contribution is -0.131. The highest BCUT2D eigenvalue weighted by atomic mass is 16.3. The second kappa shape index (κ2) is 45.3. The van der Waals surface area contributed by atoms with Gasteiger partial charge in [0, 0.05) is 0 Å². The molecule has 5 heteroatoms. The van der Waals surface area contributed by atoms with E-state index in [1.165, 1.54) is 199 Å². The molecule has 0 bridgehead atoms. The summed E-state index contributed by atoms with van der Waals surface area (Å²) in [6.07, 6.45) is 57.6. The molecule has 0 aliphatic carbocycles. The molecule has 1 amide bonds. The molecule has 324 valence electrons. The zero-order chi connectivity index (χ0) is 40.1. The Bertz CT molecular complexity index is 855. The molecule has 0 spiro atoms. The first-order valence-corrected chi connectivity index (χ1v) is 24.3. The Balaban J connectivity index is 3.63. The van der Waals surface area contributed by atoms with E-state index in [1.807, 2.05) is 6.08 Å². The average Bonchev–Trinajstić information content (AvgIpc) is 3.19. The van der Waals surface area contributed by atoms with Crippen LogP contribution in [0.3, 0.4) is 0 Å². The fourth-order valence-corrected chi connectivity index (χ4v) is 7.41. The van der Waals surface area contributed by atoms with E-state index in [1.54, 1.807) is 6.08 Å². The van der Waals surface area contributed by atoms with Gasteiger partial charge in [-0.15, -0.1) is 0 Å². The number of hydrogen-bond acceptors (Lipinski definition) is 4. The Morgan fingerprint density at radius 1 is 0.455 bits per heavy atom. The van der Waals surface area contributed by atoms with Gasteiger partial charge in [0.05, 0.1) is 18.8 Å². The van der Waals surface area contributed by atoms with E-state index in [4.69, 9.17) is 0 Å². The summed E-state index contributed by atoms with van der Waals surface area (Å²) in [7, 11) is 0. The summed E-state index contributed by atoms with van der Waals surface area (Å²) < 4.78 is 0. The van der Waals surface area contributed by atoms with Crippen LogP contribution in [-0.2, 0) is 4.79 Å². The predicted octanol–water partition coefficient (Wildman–Crippen LogP) is 14.3. The van der Waals surface area contributed by atoms with Gasteiger partial charge in [-0.2, -0.15) is 0 Å². The van der Waals surface area contributed by atoms with Crippen molar-refractivity contribution < 1.29 is 20.1 Å². The maximum atomic E-state index is 12.5. The van der Waals surface area contributed by atoms with E-state index in [2.05, 4.69) is 43.5 Å². The summed E-state index contributed by atoms with van der Waals surface area (Å²) in [4.78, 5) is 12.5. The molecule has 0 fully saturated rings. The van der Waals surface area contributed by atoms with E-state index >= 15 is 0 Å². The fraction of sp³-hybridized carbons (Fsp3) is 0.860. The minimum absolute atomic E-state index is 0.365. The van der Waals surface area contributed by atoms with Crippen LogP contribution in [0, 0.1) is 0 Å². The number of amides is 1. The highest BCUT2D eigenvalue weighted by Gasteiger charge is 2.22. The first-order chi connectivity index (χ1) is 27.1. The fourth-order valence-electron chi connectivity index (χ4n) is 7.41. The van der Waals surface area contributed by atoms with Gasteiger partial charge in [-0.1, -0.05) is 243 Å². The van der Waals surface area contributed by atoms with Gasteiger partial charge < -0.3 is 20.6 Å². The third-order valence-corrected chi connectivity index (χ3v) is 11.3. The van der Waals surface area contributed by atoms with Crippen molar-refractivity contribution in [3.63, 3.8) is 0 Å². The Kier molecular flexibility index (Phi) is 44.1. The molecular formula is C50H95NO4. The largest absolute Gasteiger partial charge is 0.394 e. The first-order valence-electron chi connectivity index (χ1n) is 24.3. The number of aliphatic hydroxyl groups is 3. The van der Waals surface area contributed by atoms with Crippen LogP contribution in [0.15, 0.2) is 36.5 Å². The topological polar surface area (TPSA) is 89.8 Å². The molecule has 5 nitrogen and oxygen atoms in total. The molecule has 0 saturated carbocycles. The number of hydrogen-bond donors (Lipinski definition) is 4. The van der Waals surface area contributed by atoms with E-state index < -0.39 is 24.2 Å². The second-order valence-corrected chi connectivity index (χ2v) is 16.7. The Morgan fingerprint density at radius 3 is 1.15 bits per heavy atom. The van der Waals surface area contributed by atoms with Crippen LogP contribution in [0.5, 0.6) is 0 Å². The summed E-state index contributed by atoms with van der Waals surface area (Å²) in [5.41, 5.74) is 0. The number of aliphatic hydroxyl groups excluding tert-OH is 3. The van der Waals surface area contributed by atoms with Crippen molar-refractivity contribution in [3.8, 4) is 0 Å². The van der Waals surface area contributed by atoms with Gasteiger partial charge in [0.1, 0.15) is 6.10 Å². The molecule has 0 aromatic heterocycles. The van der Waals surface area contributed by atoms with Crippen LogP contribution in [0.2, 0.25) is 0 Å². The van der Waals surface area contributed by atoms with Crippen molar-refractivity contribution in [2.75, 3.05) is 6.61 Å². The molecule has 55 heavy (non-hydrogen) atoms. The van der Waals surface area contributed by atoms with Crippen molar-refractivity contribution >= 4 is 5.91 Å². The van der Waals surface area contributed by atoms with Gasteiger partial charge in [0.15, 0.2) is 0 Å². The third kappa shape index (κ3) is 40.6. The molecule has 0 heterocycles. The van der Waals surface area contributed by atoms with Crippen LogP contribution in [0.25, 0.3) is 0 Å². The van der Waals surface area contributed by atoms with Gasteiger partial charge >= 0.3 is 0 Å². The summed E-state index contributed by atoms with van der Waals surface area (Å²) in [6.45, 7) is 4.17. The number of allylic oxidation sites excluding steroid dienone is 5. The normalized spacial score (nSPS) is 13.8. The standard InChI is InChI=1S/C50H95NO4/c1-3-5-7-9-11-13-15-17-19-21-23-24-25-26-27-29-30-32-34-36-38-40-42-44-48(53)47(46-52)51-50(55)49(54)45-43-41-39-37-35-33-31-28-22-20-18-16-14-12-10-8-6-4-2/h12,14,16,18,42,44,47-49,52-54H,3-11,13,15,17,19-41,43,45-46H2,1-2H3,(H,51,55)/b14-12-,18-16-,44-42+. The number of nitrogens with one attached hydrogen (secondary N) is 1. The van der Waals surface area contributed by atoms with Gasteiger partial charge in [-0.05, 0) is 44.9 Å². The van der Waals surface area contributed by atoms with E-state index in [9.17, 15) is 20.1 Å². The minimum Gasteiger partial charge on any atom is -0.394 e. The molecule has 3 atom stereocenters. The van der Waals surface area contributed by atoms with Gasteiger partial charge in [0.2, 0.25) is 5.91 Å². The first kappa shape index (κ1) is 53.6. The van der Waals surface area contributed by atoms with E-state index in [0.29, 0.717) is 6.42 Å². The summed E-state index contributed by atoms with van der Waals surface area (Å²) >= 11 is 0. The molecule has 0 radical (unpaired) electrons. The molecule has 3 unspecified atom stereocenters. The van der Waals surface area contributed by atoms with Crippen molar-refractivity contribution in [1.82, 2.24) is 5.32 Å². The van der Waals surface area contributed by atoms with Crippen LogP contribution in [0.1, 0.15) is 251 Å². The van der Waals surface area contributed by atoms with Crippen molar-refractivity contribution in [2.24, 2.45) is 0 Å². The minimum atomic E-state index is -1.10. The smallest absolute Gasteiger partial charge is 0.249 e. The quantitative estimate of drug-likeness (QED) is 0.0282. The highest BCUT2D eigenvalue weighted by Crippen LogP contribution is 2.16. The average molecular weight is 774 g/mol. The zero-order valence-corrected chi connectivity index (χ0v) is 36.8. The molecular weight excluding hydrogens is 679 g/mol. The van der Waals surface area contributed by atoms with Crippen LogP contribution < -0.4 is 5.32 Å². The monoisotopic (exact) mass is 774 g/mol. The summed E-state index contributed by atoms with van der Waals surface area (Å²) in [5, 5.41) is 33.2. The third-order valence-electron chi connectivity index (χ3n) is 11.3. The Labute approximate surface area is 343 Å². The SMILES string of the molecule is CCCCC/C=C\C=C/CCCCCCCCCCCC(O)C(=O)NC(CO)C(O)/C=C/CCCCCCCCCCCCCCCCCCCCCCC. The van der Waals surface area contributed by atoms with Crippen LogP contribution in [0.4, 0.5) is 0 Å². The molecule has 0 aromatic carbocycles. The van der Waals surface area contributed by atoms with E-state index in [0.717, 1.165) is 32.1 Å². The zero-order valence-electron chi connectivity index (χ0n) is 36.8. The maximum Gasteiger partial charge on any atom is 0.249 e. The molecule has 0 aromatic rings. The second-order valence-electron chi connectivity index (χ2n) is 16.7. The molecule has 0 rings (SSSR count). The molecule has 0 saturated heterocycles. The Hall–Kier alpha value is -1.43. The van der Waals surface area contributed by atoms with Crippen LogP contribution in [-0.4, -0.2) is 46.1 Å². The summed E-state index contributed by atoms with van der Waals surface area (Å²) in [6, 6.07) is -0.800. The maximum absolute atomic E-state index is 12.5. The highest BCUT2D eigenvalue weighted by molar-refractivity contribution is 5.80. The lowest BCUT2D eigenvalue weighted by atomic mass is 10.0. The van der Waals surface area contributed by atoms with Crippen LogP contribution >= 0.6 is 0 Å². The molecule has 0 aliphatic rings. The predicted molar refractivity (Wildman–Crippen MR) is 241 cm³/mol. The Morgan fingerprint density at radius 2 is 0.764 bits per heavy atom. The van der Waals surface area contributed by atoms with Crippen molar-refractivity contribution in [1.29, 1.82) is 0 Å².